The second kappa shape index (κ2) is 62.4. The van der Waals surface area contributed by atoms with Gasteiger partial charge in [-0.1, -0.05) is 348 Å². The average Bonchev–Trinajstić information content (AvgIpc) is 3.38. The van der Waals surface area contributed by atoms with Gasteiger partial charge in [0, 0.05) is 12.8 Å². The highest BCUT2D eigenvalue weighted by molar-refractivity contribution is 5.76. The summed E-state index contributed by atoms with van der Waals surface area (Å²) in [6, 6.07) is -0.540. The molecule has 0 aromatic heterocycles. The van der Waals surface area contributed by atoms with E-state index in [0.717, 1.165) is 38.5 Å². The van der Waals surface area contributed by atoms with E-state index >= 15 is 0 Å². The Morgan fingerprint density at radius 3 is 0.847 bits per heavy atom. The van der Waals surface area contributed by atoms with E-state index in [-0.39, 0.29) is 18.5 Å². The van der Waals surface area contributed by atoms with Crippen molar-refractivity contribution in [3.05, 3.63) is 0 Å². The van der Waals surface area contributed by atoms with E-state index in [1.54, 1.807) is 0 Å². The Morgan fingerprint density at radius 1 is 0.333 bits per heavy atom. The Kier molecular flexibility index (Phi) is 61.4. The Morgan fingerprint density at radius 2 is 0.569 bits per heavy atom. The van der Waals surface area contributed by atoms with Crippen molar-refractivity contribution in [1.29, 1.82) is 0 Å². The molecule has 0 fully saturated rings. The van der Waals surface area contributed by atoms with Crippen LogP contribution in [0.1, 0.15) is 386 Å². The van der Waals surface area contributed by atoms with Crippen LogP contribution in [0.3, 0.4) is 0 Å². The van der Waals surface area contributed by atoms with Crippen molar-refractivity contribution in [3.63, 3.8) is 0 Å². The molecule has 0 spiro atoms. The number of carbonyl (C=O) groups excluding carboxylic acids is 2. The fraction of sp³-hybridized carbons (Fsp3) is 0.970. The molecular formula is C66H131NO5. The summed E-state index contributed by atoms with van der Waals surface area (Å²) in [4.78, 5) is 24.6. The van der Waals surface area contributed by atoms with Gasteiger partial charge in [0.05, 0.1) is 25.4 Å². The second-order valence-electron chi connectivity index (χ2n) is 23.2. The zero-order valence-electron chi connectivity index (χ0n) is 49.2. The van der Waals surface area contributed by atoms with E-state index in [0.29, 0.717) is 25.9 Å². The van der Waals surface area contributed by atoms with Crippen molar-refractivity contribution in [1.82, 2.24) is 5.32 Å². The highest BCUT2D eigenvalue weighted by Gasteiger charge is 2.20. The molecular weight excluding hydrogens is 887 g/mol. The first kappa shape index (κ1) is 70.9. The maximum absolute atomic E-state index is 12.5. The van der Waals surface area contributed by atoms with Gasteiger partial charge in [-0.2, -0.15) is 0 Å². The van der Waals surface area contributed by atoms with Gasteiger partial charge in [-0.25, -0.2) is 0 Å². The van der Waals surface area contributed by atoms with Crippen molar-refractivity contribution in [3.8, 4) is 0 Å². The van der Waals surface area contributed by atoms with Crippen molar-refractivity contribution < 1.29 is 24.5 Å². The first-order valence-electron chi connectivity index (χ1n) is 33.3. The predicted octanol–water partition coefficient (Wildman–Crippen LogP) is 21.0. The lowest BCUT2D eigenvalue weighted by Gasteiger charge is -2.22. The molecule has 0 radical (unpaired) electrons. The lowest BCUT2D eigenvalue weighted by Crippen LogP contribution is -2.45. The number of carbonyl (C=O) groups is 2. The molecule has 0 rings (SSSR count). The first-order chi connectivity index (χ1) is 35.5. The first-order valence-corrected chi connectivity index (χ1v) is 33.3. The van der Waals surface area contributed by atoms with E-state index in [4.69, 9.17) is 4.74 Å². The van der Waals surface area contributed by atoms with Crippen LogP contribution >= 0.6 is 0 Å². The third-order valence-corrected chi connectivity index (χ3v) is 15.9. The summed E-state index contributed by atoms with van der Waals surface area (Å²) >= 11 is 0. The second-order valence-corrected chi connectivity index (χ2v) is 23.2. The maximum Gasteiger partial charge on any atom is 0.305 e. The third kappa shape index (κ3) is 58.1. The Balaban J connectivity index is 3.34. The molecule has 0 heterocycles. The number of amides is 1. The molecule has 0 aromatic rings. The lowest BCUT2D eigenvalue weighted by molar-refractivity contribution is -0.143. The SMILES string of the molecule is CCCCCCCCCCCCCCCCCCCCC(=O)OCCCCCCCCCCCCCCCCCCCCCCCCC(=O)NC(CO)C(O)CCCCCCCCCCCCCCCCC. The van der Waals surface area contributed by atoms with E-state index in [2.05, 4.69) is 19.2 Å². The van der Waals surface area contributed by atoms with Crippen LogP contribution in [0.5, 0.6) is 0 Å². The number of rotatable bonds is 63. The molecule has 430 valence electrons. The summed E-state index contributed by atoms with van der Waals surface area (Å²) in [5, 5.41) is 23.3. The number of unbranched alkanes of at least 4 members (excludes halogenated alkanes) is 52. The number of esters is 1. The number of hydrogen-bond acceptors (Lipinski definition) is 5. The molecule has 2 atom stereocenters. The molecule has 3 N–H and O–H groups in total. The predicted molar refractivity (Wildman–Crippen MR) is 315 cm³/mol. The minimum Gasteiger partial charge on any atom is -0.466 e. The van der Waals surface area contributed by atoms with Crippen LogP contribution in [-0.2, 0) is 14.3 Å². The molecule has 0 bridgehead atoms. The molecule has 1 amide bonds. The van der Waals surface area contributed by atoms with Crippen molar-refractivity contribution in [2.45, 2.75) is 398 Å². The molecule has 2 unspecified atom stereocenters. The van der Waals surface area contributed by atoms with Crippen LogP contribution in [0.25, 0.3) is 0 Å². The van der Waals surface area contributed by atoms with Gasteiger partial charge in [0.25, 0.3) is 0 Å². The molecule has 6 heteroatoms. The highest BCUT2D eigenvalue weighted by atomic mass is 16.5. The smallest absolute Gasteiger partial charge is 0.305 e. The summed E-state index contributed by atoms with van der Waals surface area (Å²) in [5.41, 5.74) is 0. The third-order valence-electron chi connectivity index (χ3n) is 15.9. The van der Waals surface area contributed by atoms with Crippen LogP contribution in [0.4, 0.5) is 0 Å². The highest BCUT2D eigenvalue weighted by Crippen LogP contribution is 2.19. The van der Waals surface area contributed by atoms with Gasteiger partial charge in [0.2, 0.25) is 5.91 Å². The summed E-state index contributed by atoms with van der Waals surface area (Å²) < 4.78 is 5.51. The minimum atomic E-state index is -0.663. The summed E-state index contributed by atoms with van der Waals surface area (Å²) in [5.74, 6) is -0.0127. The molecule has 0 saturated heterocycles. The zero-order chi connectivity index (χ0) is 52.2. The van der Waals surface area contributed by atoms with Crippen LogP contribution in [0.15, 0.2) is 0 Å². The van der Waals surface area contributed by atoms with Crippen molar-refractivity contribution >= 4 is 11.9 Å². The van der Waals surface area contributed by atoms with Crippen molar-refractivity contribution in [2.75, 3.05) is 13.2 Å². The molecule has 0 aromatic carbocycles. The van der Waals surface area contributed by atoms with E-state index in [9.17, 15) is 19.8 Å². The monoisotopic (exact) mass is 1020 g/mol. The summed E-state index contributed by atoms with van der Waals surface area (Å²) in [7, 11) is 0. The number of aliphatic hydroxyl groups excluding tert-OH is 2. The summed E-state index contributed by atoms with van der Waals surface area (Å²) in [6.45, 7) is 4.99. The molecule has 0 saturated carbocycles. The van der Waals surface area contributed by atoms with Gasteiger partial charge >= 0.3 is 5.97 Å². The van der Waals surface area contributed by atoms with Gasteiger partial charge in [-0.05, 0) is 25.7 Å². The largest absolute Gasteiger partial charge is 0.466 e. The van der Waals surface area contributed by atoms with E-state index in [1.165, 1.54) is 315 Å². The Hall–Kier alpha value is -1.14. The molecule has 0 aliphatic heterocycles. The number of aliphatic hydroxyl groups is 2. The average molecular weight is 1020 g/mol. The number of hydrogen-bond donors (Lipinski definition) is 3. The van der Waals surface area contributed by atoms with Gasteiger partial charge in [0.1, 0.15) is 0 Å². The quantitative estimate of drug-likeness (QED) is 0.0417. The van der Waals surface area contributed by atoms with Gasteiger partial charge in [-0.15, -0.1) is 0 Å². The van der Waals surface area contributed by atoms with Crippen LogP contribution < -0.4 is 5.32 Å². The fourth-order valence-electron chi connectivity index (χ4n) is 10.8. The Labute approximate surface area is 451 Å². The topological polar surface area (TPSA) is 95.9 Å². The number of ether oxygens (including phenoxy) is 1. The van der Waals surface area contributed by atoms with Crippen molar-refractivity contribution in [2.24, 2.45) is 0 Å². The molecule has 0 aliphatic rings. The number of nitrogens with one attached hydrogen (secondary N) is 1. The Bertz CT molecular complexity index is 1040. The van der Waals surface area contributed by atoms with E-state index < -0.39 is 12.1 Å². The minimum absolute atomic E-state index is 0.0189. The maximum atomic E-state index is 12.5. The lowest BCUT2D eigenvalue weighted by atomic mass is 10.0. The van der Waals surface area contributed by atoms with E-state index in [1.807, 2.05) is 0 Å². The van der Waals surface area contributed by atoms with Crippen LogP contribution in [0, 0.1) is 0 Å². The van der Waals surface area contributed by atoms with Crippen LogP contribution in [0.2, 0.25) is 0 Å². The fourth-order valence-corrected chi connectivity index (χ4v) is 10.8. The van der Waals surface area contributed by atoms with Gasteiger partial charge < -0.3 is 20.3 Å². The zero-order valence-corrected chi connectivity index (χ0v) is 49.2. The van der Waals surface area contributed by atoms with Crippen LogP contribution in [-0.4, -0.2) is 47.4 Å². The molecule has 0 aliphatic carbocycles. The molecule has 6 nitrogen and oxygen atoms in total. The molecule has 72 heavy (non-hydrogen) atoms. The van der Waals surface area contributed by atoms with Gasteiger partial charge in [-0.3, -0.25) is 9.59 Å². The van der Waals surface area contributed by atoms with Gasteiger partial charge in [0.15, 0.2) is 0 Å². The normalized spacial score (nSPS) is 12.4. The standard InChI is InChI=1S/C66H131NO5/c1-3-5-7-9-11-13-15-17-19-20-28-32-36-40-44-48-52-56-60-66(71)72-61-57-53-49-45-41-37-33-29-26-24-22-21-23-25-27-31-35-39-43-47-51-55-59-65(70)67-63(62-68)64(69)58-54-50-46-42-38-34-30-18-16-14-12-10-8-6-4-2/h63-64,68-69H,3-62H2,1-2H3,(H,67,70). The summed E-state index contributed by atoms with van der Waals surface area (Å²) in [6.07, 6.45) is 74.1.